The number of esters is 1. The quantitative estimate of drug-likeness (QED) is 0.621. The highest BCUT2D eigenvalue weighted by molar-refractivity contribution is 7.17. The van der Waals surface area contributed by atoms with Gasteiger partial charge in [-0.15, -0.1) is 11.3 Å². The van der Waals surface area contributed by atoms with E-state index in [1.807, 2.05) is 6.07 Å². The monoisotopic (exact) mass is 459 g/mol. The van der Waals surface area contributed by atoms with E-state index in [0.717, 1.165) is 36.1 Å². The zero-order valence-electron chi connectivity index (χ0n) is 17.1. The number of carbonyl (C=O) groups is 3. The maximum absolute atomic E-state index is 12.9. The number of nitrogens with zero attached hydrogens (tertiary/aromatic N) is 2. The summed E-state index contributed by atoms with van der Waals surface area (Å²) in [5.74, 6) is -1.37. The van der Waals surface area contributed by atoms with Crippen LogP contribution in [0.2, 0.25) is 5.02 Å². The number of ether oxygens (including phenoxy) is 1. The van der Waals surface area contributed by atoms with Gasteiger partial charge in [-0.1, -0.05) is 17.7 Å². The Labute approximate surface area is 189 Å². The second kappa shape index (κ2) is 10.4. The Bertz CT molecular complexity index is 1040. The first-order valence-electron chi connectivity index (χ1n) is 9.93. The Balaban J connectivity index is 1.77. The molecule has 0 unspecified atom stereocenters. The van der Waals surface area contributed by atoms with Gasteiger partial charge < -0.3 is 15.0 Å². The van der Waals surface area contributed by atoms with Crippen molar-refractivity contribution in [2.75, 3.05) is 23.4 Å². The molecule has 0 radical (unpaired) electrons. The largest absolute Gasteiger partial charge is 0.452 e. The van der Waals surface area contributed by atoms with E-state index in [1.165, 1.54) is 23.2 Å². The second-order valence-corrected chi connectivity index (χ2v) is 8.65. The average molecular weight is 460 g/mol. The molecule has 0 saturated heterocycles. The van der Waals surface area contributed by atoms with Crippen molar-refractivity contribution in [1.82, 2.24) is 0 Å². The van der Waals surface area contributed by atoms with Crippen molar-refractivity contribution in [1.29, 1.82) is 5.26 Å². The van der Waals surface area contributed by atoms with Gasteiger partial charge in [-0.2, -0.15) is 5.26 Å². The Morgan fingerprint density at radius 1 is 1.29 bits per heavy atom. The van der Waals surface area contributed by atoms with Crippen LogP contribution in [-0.4, -0.2) is 30.9 Å². The average Bonchev–Trinajstić information content (AvgIpc) is 3.09. The Hall–Kier alpha value is -2.89. The Morgan fingerprint density at radius 2 is 2.06 bits per heavy atom. The van der Waals surface area contributed by atoms with Crippen LogP contribution in [0.15, 0.2) is 24.3 Å². The van der Waals surface area contributed by atoms with E-state index in [-0.39, 0.29) is 18.9 Å². The highest BCUT2D eigenvalue weighted by Gasteiger charge is 2.28. The van der Waals surface area contributed by atoms with Crippen LogP contribution in [0.25, 0.3) is 0 Å². The molecule has 0 atom stereocenters. The fourth-order valence-corrected chi connectivity index (χ4v) is 5.02. The lowest BCUT2D eigenvalue weighted by atomic mass is 9.95. The molecule has 31 heavy (non-hydrogen) atoms. The molecule has 2 aromatic rings. The first-order chi connectivity index (χ1) is 14.9. The zero-order valence-corrected chi connectivity index (χ0v) is 18.6. The molecule has 1 aliphatic rings. The van der Waals surface area contributed by atoms with Gasteiger partial charge in [0.15, 0.2) is 6.61 Å². The Kier molecular flexibility index (Phi) is 7.66. The number of anilines is 2. The van der Waals surface area contributed by atoms with Crippen LogP contribution < -0.4 is 10.2 Å². The van der Waals surface area contributed by atoms with Crippen LogP contribution >= 0.6 is 22.9 Å². The zero-order chi connectivity index (χ0) is 22.4. The van der Waals surface area contributed by atoms with Gasteiger partial charge in [0.05, 0.1) is 18.1 Å². The summed E-state index contributed by atoms with van der Waals surface area (Å²) in [6.45, 7) is 1.05. The summed E-state index contributed by atoms with van der Waals surface area (Å²) in [5, 5.41) is 12.6. The summed E-state index contributed by atoms with van der Waals surface area (Å²) in [6, 6.07) is 8.71. The van der Waals surface area contributed by atoms with Gasteiger partial charge in [-0.05, 0) is 49.4 Å². The maximum Gasteiger partial charge on any atom is 0.341 e. The summed E-state index contributed by atoms with van der Waals surface area (Å²) >= 11 is 7.42. The van der Waals surface area contributed by atoms with Gasteiger partial charge in [0.25, 0.3) is 5.91 Å². The van der Waals surface area contributed by atoms with Gasteiger partial charge in [0, 0.05) is 29.1 Å². The third-order valence-corrected chi connectivity index (χ3v) is 6.30. The molecule has 0 spiro atoms. The summed E-state index contributed by atoms with van der Waals surface area (Å²) < 4.78 is 5.36. The number of nitriles is 1. The minimum atomic E-state index is -0.636. The van der Waals surface area contributed by atoms with Gasteiger partial charge in [-0.3, -0.25) is 9.59 Å². The van der Waals surface area contributed by atoms with Crippen LogP contribution in [0.3, 0.4) is 0 Å². The molecule has 0 fully saturated rings. The molecule has 162 valence electrons. The highest BCUT2D eigenvalue weighted by atomic mass is 35.5. The van der Waals surface area contributed by atoms with E-state index in [9.17, 15) is 14.4 Å². The highest BCUT2D eigenvalue weighted by Crippen LogP contribution is 2.38. The molecule has 9 heteroatoms. The van der Waals surface area contributed by atoms with Gasteiger partial charge >= 0.3 is 5.97 Å². The number of carbonyl (C=O) groups excluding carboxylic acids is 3. The number of fused-ring (bicyclic) bond motifs is 1. The molecule has 1 aliphatic carbocycles. The van der Waals surface area contributed by atoms with E-state index in [1.54, 1.807) is 24.3 Å². The standard InChI is InChI=1S/C22H22ClN3O4S/c1-14(27)25-21-20(17-8-2-3-9-18(17)31-21)22(29)30-13-19(28)26(11-5-10-24)16-7-4-6-15(23)12-16/h4,6-7,12H,2-3,5,8-9,11,13H2,1H3,(H,25,27). The van der Waals surface area contributed by atoms with Crippen molar-refractivity contribution in [3.8, 4) is 6.07 Å². The first kappa shape index (κ1) is 22.8. The fraction of sp³-hybridized carbons (Fsp3) is 0.364. The second-order valence-electron chi connectivity index (χ2n) is 7.11. The number of halogens is 1. The normalized spacial score (nSPS) is 12.4. The third-order valence-electron chi connectivity index (χ3n) is 4.86. The van der Waals surface area contributed by atoms with Gasteiger partial charge in [-0.25, -0.2) is 4.79 Å². The van der Waals surface area contributed by atoms with E-state index >= 15 is 0 Å². The van der Waals surface area contributed by atoms with Gasteiger partial charge in [0.1, 0.15) is 5.00 Å². The molecule has 1 aromatic heterocycles. The number of aryl methyl sites for hydroxylation is 1. The lowest BCUT2D eigenvalue weighted by molar-refractivity contribution is -0.121. The number of hydrogen-bond acceptors (Lipinski definition) is 6. The summed E-state index contributed by atoms with van der Waals surface area (Å²) in [7, 11) is 0. The van der Waals surface area contributed by atoms with E-state index in [4.69, 9.17) is 21.6 Å². The fourth-order valence-electron chi connectivity index (χ4n) is 3.51. The minimum Gasteiger partial charge on any atom is -0.452 e. The van der Waals surface area contributed by atoms with Crippen LogP contribution in [0, 0.1) is 11.3 Å². The predicted molar refractivity (Wildman–Crippen MR) is 120 cm³/mol. The van der Waals surface area contributed by atoms with Crippen LogP contribution in [0.5, 0.6) is 0 Å². The van der Waals surface area contributed by atoms with E-state index in [0.29, 0.717) is 21.3 Å². The first-order valence-corrected chi connectivity index (χ1v) is 11.1. The van der Waals surface area contributed by atoms with Crippen molar-refractivity contribution in [2.45, 2.75) is 39.0 Å². The number of hydrogen-bond donors (Lipinski definition) is 1. The van der Waals surface area contributed by atoms with Crippen molar-refractivity contribution in [3.63, 3.8) is 0 Å². The van der Waals surface area contributed by atoms with Crippen LogP contribution in [-0.2, 0) is 27.2 Å². The number of rotatable bonds is 7. The number of thiophene rings is 1. The minimum absolute atomic E-state index is 0.122. The molecule has 3 rings (SSSR count). The van der Waals surface area contributed by atoms with Crippen LogP contribution in [0.4, 0.5) is 10.7 Å². The Morgan fingerprint density at radius 3 is 2.77 bits per heavy atom. The number of amides is 2. The van der Waals surface area contributed by atoms with E-state index in [2.05, 4.69) is 5.32 Å². The SMILES string of the molecule is CC(=O)Nc1sc2c(c1C(=O)OCC(=O)N(CCC#N)c1cccc(Cl)c1)CCCC2. The van der Waals surface area contributed by atoms with E-state index < -0.39 is 18.5 Å². The van der Waals surface area contributed by atoms with Crippen molar-refractivity contribution >= 4 is 51.4 Å². The summed E-state index contributed by atoms with van der Waals surface area (Å²) in [5.41, 5.74) is 1.76. The molecule has 2 amide bonds. The predicted octanol–water partition coefficient (Wildman–Crippen LogP) is 4.34. The molecule has 0 aliphatic heterocycles. The smallest absolute Gasteiger partial charge is 0.341 e. The lowest BCUT2D eigenvalue weighted by Gasteiger charge is -2.22. The summed E-state index contributed by atoms with van der Waals surface area (Å²) in [6.07, 6.45) is 3.71. The summed E-state index contributed by atoms with van der Waals surface area (Å²) in [4.78, 5) is 39.7. The molecule has 1 N–H and O–H groups in total. The van der Waals surface area contributed by atoms with Crippen molar-refractivity contribution in [3.05, 3.63) is 45.3 Å². The molecule has 0 bridgehead atoms. The topological polar surface area (TPSA) is 99.5 Å². The molecule has 1 aromatic carbocycles. The van der Waals surface area contributed by atoms with Gasteiger partial charge in [0.2, 0.25) is 5.91 Å². The third kappa shape index (κ3) is 5.63. The van der Waals surface area contributed by atoms with Crippen molar-refractivity contribution in [2.24, 2.45) is 0 Å². The van der Waals surface area contributed by atoms with Crippen LogP contribution in [0.1, 0.15) is 47.0 Å². The maximum atomic E-state index is 12.9. The molecular formula is C22H22ClN3O4S. The van der Waals surface area contributed by atoms with Crippen molar-refractivity contribution < 1.29 is 19.1 Å². The molecule has 0 saturated carbocycles. The number of nitrogens with one attached hydrogen (secondary N) is 1. The molecular weight excluding hydrogens is 438 g/mol. The number of benzene rings is 1. The lowest BCUT2D eigenvalue weighted by Crippen LogP contribution is -2.35. The molecule has 1 heterocycles. The molecule has 7 nitrogen and oxygen atoms in total.